The summed E-state index contributed by atoms with van der Waals surface area (Å²) in [6.45, 7) is 7.67. The van der Waals surface area contributed by atoms with Crippen LogP contribution in [0.2, 0.25) is 0 Å². The zero-order valence-electron chi connectivity index (χ0n) is 9.05. The lowest BCUT2D eigenvalue weighted by Crippen LogP contribution is -2.14. The van der Waals surface area contributed by atoms with E-state index in [0.717, 1.165) is 0 Å². The van der Waals surface area contributed by atoms with Crippen LogP contribution in [0.25, 0.3) is 0 Å². The number of rotatable bonds is 0. The van der Waals surface area contributed by atoms with Crippen molar-refractivity contribution in [2.45, 2.75) is 33.1 Å². The molecule has 0 fully saturated rings. The lowest BCUT2D eigenvalue weighted by Gasteiger charge is -2.24. The average molecular weight is 195 g/mol. The summed E-state index contributed by atoms with van der Waals surface area (Å²) in [5.41, 5.74) is 6.95. The molecular formula is C11H17NO2. The quantitative estimate of drug-likeness (QED) is 0.338. The zero-order chi connectivity index (χ0) is 11.1. The number of anilines is 1. The topological polar surface area (TPSA) is 66.5 Å². The molecule has 0 heterocycles. The maximum atomic E-state index is 9.80. The maximum absolute atomic E-state index is 9.80. The van der Waals surface area contributed by atoms with Gasteiger partial charge in [0.15, 0.2) is 0 Å². The first-order valence-electron chi connectivity index (χ1n) is 4.56. The first-order valence-corrected chi connectivity index (χ1v) is 4.56. The summed E-state index contributed by atoms with van der Waals surface area (Å²) >= 11 is 0. The van der Waals surface area contributed by atoms with Crippen LogP contribution in [0, 0.1) is 6.92 Å². The van der Waals surface area contributed by atoms with Crippen LogP contribution in [0.3, 0.4) is 0 Å². The van der Waals surface area contributed by atoms with Crippen LogP contribution in [0.4, 0.5) is 5.69 Å². The van der Waals surface area contributed by atoms with Crippen LogP contribution in [0.1, 0.15) is 31.9 Å². The summed E-state index contributed by atoms with van der Waals surface area (Å²) in [5, 5.41) is 19.4. The van der Waals surface area contributed by atoms with Gasteiger partial charge in [0.25, 0.3) is 0 Å². The molecule has 3 heteroatoms. The molecule has 0 amide bonds. The Hall–Kier alpha value is -1.38. The molecule has 0 radical (unpaired) electrons. The Morgan fingerprint density at radius 3 is 2.14 bits per heavy atom. The molecular weight excluding hydrogens is 178 g/mol. The fourth-order valence-electron chi connectivity index (χ4n) is 1.69. The molecule has 0 aliphatic heterocycles. The van der Waals surface area contributed by atoms with Crippen molar-refractivity contribution in [3.05, 3.63) is 17.2 Å². The smallest absolute Gasteiger partial charge is 0.142 e. The van der Waals surface area contributed by atoms with Crippen molar-refractivity contribution in [1.82, 2.24) is 0 Å². The molecule has 0 bridgehead atoms. The predicted molar refractivity (Wildman–Crippen MR) is 57.6 cm³/mol. The van der Waals surface area contributed by atoms with Gasteiger partial charge in [-0.1, -0.05) is 20.8 Å². The Balaban J connectivity index is 3.56. The molecule has 0 atom stereocenters. The van der Waals surface area contributed by atoms with E-state index in [1.807, 2.05) is 20.8 Å². The Morgan fingerprint density at radius 2 is 1.71 bits per heavy atom. The molecule has 0 aromatic heterocycles. The number of nitrogens with two attached hydrogens (primary N) is 1. The molecule has 0 aliphatic carbocycles. The molecule has 3 nitrogen and oxygen atoms in total. The van der Waals surface area contributed by atoms with E-state index in [9.17, 15) is 10.2 Å². The average Bonchev–Trinajstić information content (AvgIpc) is 1.98. The van der Waals surface area contributed by atoms with Gasteiger partial charge < -0.3 is 15.9 Å². The van der Waals surface area contributed by atoms with Crippen molar-refractivity contribution in [2.75, 3.05) is 5.73 Å². The molecule has 0 unspecified atom stereocenters. The van der Waals surface area contributed by atoms with Crippen molar-refractivity contribution in [3.63, 3.8) is 0 Å². The largest absolute Gasteiger partial charge is 0.508 e. The summed E-state index contributed by atoms with van der Waals surface area (Å²) in [6.07, 6.45) is 0. The fraction of sp³-hybridized carbons (Fsp3) is 0.455. The fourth-order valence-corrected chi connectivity index (χ4v) is 1.69. The second-order valence-corrected chi connectivity index (χ2v) is 4.58. The second kappa shape index (κ2) is 3.08. The SMILES string of the molecule is Cc1c(O)cc(N)c(O)c1C(C)(C)C. The van der Waals surface area contributed by atoms with Gasteiger partial charge in [0.2, 0.25) is 0 Å². The van der Waals surface area contributed by atoms with E-state index in [1.165, 1.54) is 6.07 Å². The lowest BCUT2D eigenvalue weighted by molar-refractivity contribution is 0.434. The van der Waals surface area contributed by atoms with Crippen molar-refractivity contribution >= 4 is 5.69 Å². The van der Waals surface area contributed by atoms with E-state index < -0.39 is 0 Å². The number of hydrogen-bond donors (Lipinski definition) is 3. The van der Waals surface area contributed by atoms with Crippen LogP contribution in [0.15, 0.2) is 6.07 Å². The molecule has 78 valence electrons. The molecule has 0 saturated heterocycles. The summed E-state index contributed by atoms with van der Waals surface area (Å²) in [5.74, 6) is 0.207. The number of benzene rings is 1. The van der Waals surface area contributed by atoms with Gasteiger partial charge in [0.05, 0.1) is 5.69 Å². The molecule has 4 N–H and O–H groups in total. The minimum atomic E-state index is -0.235. The first kappa shape index (κ1) is 10.7. The zero-order valence-corrected chi connectivity index (χ0v) is 9.05. The first-order chi connectivity index (χ1) is 6.25. The van der Waals surface area contributed by atoms with E-state index in [0.29, 0.717) is 11.1 Å². The molecule has 0 spiro atoms. The van der Waals surface area contributed by atoms with Gasteiger partial charge in [-0.2, -0.15) is 0 Å². The highest BCUT2D eigenvalue weighted by atomic mass is 16.3. The van der Waals surface area contributed by atoms with Crippen molar-refractivity contribution in [1.29, 1.82) is 0 Å². The van der Waals surface area contributed by atoms with E-state index in [4.69, 9.17) is 5.73 Å². The van der Waals surface area contributed by atoms with Crippen LogP contribution < -0.4 is 5.73 Å². The van der Waals surface area contributed by atoms with Crippen LogP contribution in [-0.2, 0) is 5.41 Å². The van der Waals surface area contributed by atoms with Crippen LogP contribution in [-0.4, -0.2) is 10.2 Å². The van der Waals surface area contributed by atoms with Crippen molar-refractivity contribution < 1.29 is 10.2 Å². The third-order valence-electron chi connectivity index (χ3n) is 2.31. The molecule has 1 aromatic rings. The highest BCUT2D eigenvalue weighted by Gasteiger charge is 2.23. The third-order valence-corrected chi connectivity index (χ3v) is 2.31. The number of hydrogen-bond acceptors (Lipinski definition) is 3. The van der Waals surface area contributed by atoms with Crippen LogP contribution >= 0.6 is 0 Å². The molecule has 0 aliphatic rings. The maximum Gasteiger partial charge on any atom is 0.142 e. The number of phenols is 2. The number of nitrogen functional groups attached to an aromatic ring is 1. The predicted octanol–water partition coefficient (Wildman–Crippen LogP) is 2.29. The Labute approximate surface area is 84.2 Å². The van der Waals surface area contributed by atoms with Gasteiger partial charge in [0.1, 0.15) is 11.5 Å². The standard InChI is InChI=1S/C11H17NO2/c1-6-8(13)5-7(12)10(14)9(6)11(2,3)4/h5,13-14H,12H2,1-4H3. The number of aromatic hydroxyl groups is 2. The summed E-state index contributed by atoms with van der Waals surface area (Å²) in [6, 6.07) is 1.37. The van der Waals surface area contributed by atoms with Crippen molar-refractivity contribution in [2.24, 2.45) is 0 Å². The highest BCUT2D eigenvalue weighted by molar-refractivity contribution is 5.64. The Morgan fingerprint density at radius 1 is 1.21 bits per heavy atom. The van der Waals surface area contributed by atoms with Gasteiger partial charge >= 0.3 is 0 Å². The lowest BCUT2D eigenvalue weighted by atomic mass is 9.82. The molecule has 1 aromatic carbocycles. The van der Waals surface area contributed by atoms with E-state index >= 15 is 0 Å². The van der Waals surface area contributed by atoms with E-state index in [-0.39, 0.29) is 22.6 Å². The molecule has 1 rings (SSSR count). The van der Waals surface area contributed by atoms with Gasteiger partial charge in [-0.05, 0) is 17.9 Å². The second-order valence-electron chi connectivity index (χ2n) is 4.58. The minimum Gasteiger partial charge on any atom is -0.508 e. The third kappa shape index (κ3) is 1.62. The van der Waals surface area contributed by atoms with Gasteiger partial charge in [0, 0.05) is 11.6 Å². The van der Waals surface area contributed by atoms with Gasteiger partial charge in [-0.15, -0.1) is 0 Å². The minimum absolute atomic E-state index is 0.0767. The van der Waals surface area contributed by atoms with E-state index in [2.05, 4.69) is 0 Å². The Kier molecular flexibility index (Phi) is 2.36. The van der Waals surface area contributed by atoms with Gasteiger partial charge in [-0.3, -0.25) is 0 Å². The summed E-state index contributed by atoms with van der Waals surface area (Å²) in [4.78, 5) is 0. The van der Waals surface area contributed by atoms with Gasteiger partial charge in [-0.25, -0.2) is 0 Å². The molecule has 0 saturated carbocycles. The summed E-state index contributed by atoms with van der Waals surface area (Å²) in [7, 11) is 0. The molecule has 14 heavy (non-hydrogen) atoms. The summed E-state index contributed by atoms with van der Waals surface area (Å²) < 4.78 is 0. The van der Waals surface area contributed by atoms with Crippen LogP contribution in [0.5, 0.6) is 11.5 Å². The monoisotopic (exact) mass is 195 g/mol. The Bertz CT molecular complexity index is 338. The van der Waals surface area contributed by atoms with Crippen molar-refractivity contribution in [3.8, 4) is 11.5 Å². The number of phenolic OH excluding ortho intramolecular Hbond substituents is 2. The van der Waals surface area contributed by atoms with E-state index in [1.54, 1.807) is 6.92 Å². The normalized spacial score (nSPS) is 11.7. The highest BCUT2D eigenvalue weighted by Crippen LogP contribution is 2.41.